The van der Waals surface area contributed by atoms with E-state index >= 15 is 0 Å². The quantitative estimate of drug-likeness (QED) is 0.605. The minimum absolute atomic E-state index is 0.110. The number of amides is 2. The van der Waals surface area contributed by atoms with Crippen molar-refractivity contribution in [1.29, 1.82) is 0 Å². The molecule has 0 aromatic heterocycles. The molecule has 2 amide bonds. The van der Waals surface area contributed by atoms with Crippen LogP contribution in [0.25, 0.3) is 0 Å². The third-order valence-corrected chi connectivity index (χ3v) is 9.27. The Balaban J connectivity index is 1.36. The van der Waals surface area contributed by atoms with Crippen LogP contribution in [0, 0.1) is 17.7 Å². The third kappa shape index (κ3) is 5.40. The predicted molar refractivity (Wildman–Crippen MR) is 127 cm³/mol. The van der Waals surface area contributed by atoms with Crippen molar-refractivity contribution in [3.63, 3.8) is 0 Å². The molecule has 1 N–H and O–H groups in total. The average Bonchev–Trinajstić information content (AvgIpc) is 3.25. The first-order valence-electron chi connectivity index (χ1n) is 12.0. The highest BCUT2D eigenvalue weighted by molar-refractivity contribution is 7.86. The van der Waals surface area contributed by atoms with Crippen LogP contribution in [-0.2, 0) is 26.3 Å². The minimum Gasteiger partial charge on any atom is -0.350 e. The Morgan fingerprint density at radius 2 is 1.82 bits per heavy atom. The van der Waals surface area contributed by atoms with E-state index in [1.807, 2.05) is 0 Å². The van der Waals surface area contributed by atoms with E-state index in [0.29, 0.717) is 63.3 Å². The van der Waals surface area contributed by atoms with Gasteiger partial charge in [-0.15, -0.1) is 0 Å². The molecule has 2 atom stereocenters. The van der Waals surface area contributed by atoms with Crippen LogP contribution in [0.4, 0.5) is 4.39 Å². The zero-order chi connectivity index (χ0) is 24.5. The molecule has 3 saturated heterocycles. The maximum Gasteiger partial charge on any atom is 0.282 e. The molecule has 3 heterocycles. The number of nitrogens with zero attached hydrogens (tertiary/aromatic N) is 3. The van der Waals surface area contributed by atoms with Gasteiger partial charge in [0.15, 0.2) is 0 Å². The molecule has 0 aliphatic carbocycles. The first-order valence-corrected chi connectivity index (χ1v) is 13.7. The third-order valence-electron chi connectivity index (χ3n) is 7.11. The molecule has 34 heavy (non-hydrogen) atoms. The van der Waals surface area contributed by atoms with E-state index < -0.39 is 28.0 Å². The average molecular weight is 515 g/mol. The fourth-order valence-electron chi connectivity index (χ4n) is 5.04. The number of carbonyl (C=O) groups is 2. The van der Waals surface area contributed by atoms with Gasteiger partial charge in [-0.05, 0) is 55.4 Å². The van der Waals surface area contributed by atoms with Crippen molar-refractivity contribution in [1.82, 2.24) is 18.8 Å². The lowest BCUT2D eigenvalue weighted by atomic mass is 9.97. The number of carbonyl (C=O) groups excluding carboxylic acids is 2. The molecule has 3 fully saturated rings. The van der Waals surface area contributed by atoms with Crippen LogP contribution in [-0.4, -0.2) is 72.5 Å². The van der Waals surface area contributed by atoms with Gasteiger partial charge in [0.2, 0.25) is 11.8 Å². The van der Waals surface area contributed by atoms with E-state index in [2.05, 4.69) is 12.2 Å². The summed E-state index contributed by atoms with van der Waals surface area (Å²) in [5.74, 6) is -0.986. The molecule has 3 aliphatic heterocycles. The van der Waals surface area contributed by atoms with Gasteiger partial charge in [-0.2, -0.15) is 17.0 Å². The standard InChI is InChI=1S/C23H32ClFN4O4S/c1-2-16-13-28(14-16)34(32,33)27-7-3-5-18(15-27)23(31)29-8-4-6-21(29)22(30)26-12-17-9-19(24)11-20(25)10-17/h9-11,16,18,21H,2-8,12-15H2,1H3,(H,26,30)/t18-,21+/m0/s1. The summed E-state index contributed by atoms with van der Waals surface area (Å²) in [6, 6.07) is 3.48. The molecule has 0 unspecified atom stereocenters. The second kappa shape index (κ2) is 10.5. The Hall–Kier alpha value is -1.75. The van der Waals surface area contributed by atoms with E-state index in [0.717, 1.165) is 6.42 Å². The lowest BCUT2D eigenvalue weighted by Gasteiger charge is -2.42. The van der Waals surface area contributed by atoms with Crippen molar-refractivity contribution in [2.75, 3.05) is 32.7 Å². The molecule has 3 aliphatic rings. The number of benzene rings is 1. The first kappa shape index (κ1) is 25.3. The number of hydrogen-bond donors (Lipinski definition) is 1. The van der Waals surface area contributed by atoms with Gasteiger partial charge >= 0.3 is 0 Å². The highest BCUT2D eigenvalue weighted by Gasteiger charge is 2.43. The van der Waals surface area contributed by atoms with Gasteiger partial charge in [-0.3, -0.25) is 9.59 Å². The van der Waals surface area contributed by atoms with Crippen molar-refractivity contribution >= 4 is 33.6 Å². The fraction of sp³-hybridized carbons (Fsp3) is 0.652. The van der Waals surface area contributed by atoms with Gasteiger partial charge in [-0.1, -0.05) is 24.9 Å². The highest BCUT2D eigenvalue weighted by Crippen LogP contribution is 2.30. The second-order valence-electron chi connectivity index (χ2n) is 9.48. The summed E-state index contributed by atoms with van der Waals surface area (Å²) in [5.41, 5.74) is 0.540. The second-order valence-corrected chi connectivity index (χ2v) is 11.8. The van der Waals surface area contributed by atoms with Crippen molar-refractivity contribution in [2.45, 2.75) is 51.6 Å². The van der Waals surface area contributed by atoms with Crippen molar-refractivity contribution in [3.05, 3.63) is 34.6 Å². The molecular weight excluding hydrogens is 483 g/mol. The topological polar surface area (TPSA) is 90.0 Å². The van der Waals surface area contributed by atoms with Gasteiger partial charge in [0, 0.05) is 44.3 Å². The van der Waals surface area contributed by atoms with Crippen LogP contribution in [0.15, 0.2) is 18.2 Å². The maximum atomic E-state index is 13.6. The summed E-state index contributed by atoms with van der Waals surface area (Å²) < 4.78 is 42.5. The van der Waals surface area contributed by atoms with Crippen LogP contribution < -0.4 is 5.32 Å². The van der Waals surface area contributed by atoms with Crippen molar-refractivity contribution in [2.24, 2.45) is 11.8 Å². The van der Waals surface area contributed by atoms with Gasteiger partial charge in [-0.25, -0.2) is 4.39 Å². The molecular formula is C23H32ClFN4O4S. The molecule has 0 radical (unpaired) electrons. The largest absolute Gasteiger partial charge is 0.350 e. The van der Waals surface area contributed by atoms with E-state index in [1.165, 1.54) is 20.7 Å². The molecule has 0 bridgehead atoms. The smallest absolute Gasteiger partial charge is 0.282 e. The number of rotatable bonds is 7. The summed E-state index contributed by atoms with van der Waals surface area (Å²) in [4.78, 5) is 27.8. The summed E-state index contributed by atoms with van der Waals surface area (Å²) in [6.07, 6.45) is 3.43. The molecule has 0 spiro atoms. The van der Waals surface area contributed by atoms with Gasteiger partial charge < -0.3 is 10.2 Å². The zero-order valence-corrected chi connectivity index (χ0v) is 21.0. The molecule has 1 aromatic rings. The number of nitrogens with one attached hydrogen (secondary N) is 1. The highest BCUT2D eigenvalue weighted by atomic mass is 35.5. The Kier molecular flexibility index (Phi) is 7.81. The predicted octanol–water partition coefficient (Wildman–Crippen LogP) is 2.38. The summed E-state index contributed by atoms with van der Waals surface area (Å²) in [6.45, 7) is 4.29. The van der Waals surface area contributed by atoms with Gasteiger partial charge in [0.05, 0.1) is 5.92 Å². The normalized spacial score (nSPS) is 24.7. The van der Waals surface area contributed by atoms with Crippen LogP contribution >= 0.6 is 11.6 Å². The van der Waals surface area contributed by atoms with Gasteiger partial charge in [0.25, 0.3) is 10.2 Å². The molecule has 8 nitrogen and oxygen atoms in total. The van der Waals surface area contributed by atoms with E-state index in [4.69, 9.17) is 11.6 Å². The lowest BCUT2D eigenvalue weighted by Crippen LogP contribution is -2.57. The number of likely N-dealkylation sites (tertiary alicyclic amines) is 1. The van der Waals surface area contributed by atoms with Crippen molar-refractivity contribution < 1.29 is 22.4 Å². The number of hydrogen-bond acceptors (Lipinski definition) is 4. The van der Waals surface area contributed by atoms with Crippen LogP contribution in [0.3, 0.4) is 0 Å². The summed E-state index contributed by atoms with van der Waals surface area (Å²) >= 11 is 5.88. The molecule has 4 rings (SSSR count). The summed E-state index contributed by atoms with van der Waals surface area (Å²) in [7, 11) is -3.56. The van der Waals surface area contributed by atoms with E-state index in [9.17, 15) is 22.4 Å². The zero-order valence-electron chi connectivity index (χ0n) is 19.4. The lowest BCUT2D eigenvalue weighted by molar-refractivity contribution is -0.142. The Morgan fingerprint density at radius 3 is 2.53 bits per heavy atom. The SMILES string of the molecule is CCC1CN(S(=O)(=O)N2CCC[C@H](C(=O)N3CCC[C@@H]3C(=O)NCc3cc(F)cc(Cl)c3)C2)C1. The van der Waals surface area contributed by atoms with Crippen molar-refractivity contribution in [3.8, 4) is 0 Å². The molecule has 1 aromatic carbocycles. The van der Waals surface area contributed by atoms with Gasteiger partial charge in [0.1, 0.15) is 11.9 Å². The number of halogens is 2. The number of piperidine rings is 1. The first-order chi connectivity index (χ1) is 16.2. The maximum absolute atomic E-state index is 13.6. The monoisotopic (exact) mass is 514 g/mol. The minimum atomic E-state index is -3.56. The Morgan fingerprint density at radius 1 is 1.09 bits per heavy atom. The van der Waals surface area contributed by atoms with E-state index in [-0.39, 0.29) is 29.9 Å². The Bertz CT molecular complexity index is 1010. The van der Waals surface area contributed by atoms with Crippen LogP contribution in [0.2, 0.25) is 5.02 Å². The summed E-state index contributed by atoms with van der Waals surface area (Å²) in [5, 5.41) is 3.04. The van der Waals surface area contributed by atoms with E-state index in [1.54, 1.807) is 11.0 Å². The van der Waals surface area contributed by atoms with Crippen LogP contribution in [0.5, 0.6) is 0 Å². The molecule has 188 valence electrons. The molecule has 11 heteroatoms. The Labute approximate surface area is 205 Å². The molecule has 0 saturated carbocycles. The fourth-order valence-corrected chi connectivity index (χ4v) is 7.14. The van der Waals surface area contributed by atoms with Crippen LogP contribution in [0.1, 0.15) is 44.6 Å².